The first kappa shape index (κ1) is 16.4. The molecule has 0 fully saturated rings. The summed E-state index contributed by atoms with van der Waals surface area (Å²) in [5.74, 6) is 0.531. The number of rotatable bonds is 7. The van der Waals surface area contributed by atoms with Gasteiger partial charge in [0.1, 0.15) is 6.10 Å². The van der Waals surface area contributed by atoms with E-state index < -0.39 is 6.10 Å². The summed E-state index contributed by atoms with van der Waals surface area (Å²) in [4.78, 5) is 1.16. The number of halogens is 1. The van der Waals surface area contributed by atoms with Crippen LogP contribution < -0.4 is 0 Å². The van der Waals surface area contributed by atoms with E-state index in [1.165, 1.54) is 5.56 Å². The van der Waals surface area contributed by atoms with Gasteiger partial charge in [-0.2, -0.15) is 5.10 Å². The Labute approximate surface area is 134 Å². The summed E-state index contributed by atoms with van der Waals surface area (Å²) in [7, 11) is 1.63. The summed E-state index contributed by atoms with van der Waals surface area (Å²) in [6.45, 7) is 3.16. The zero-order valence-corrected chi connectivity index (χ0v) is 13.7. The molecule has 1 aromatic heterocycles. The molecule has 0 bridgehead atoms. The van der Waals surface area contributed by atoms with Crippen LogP contribution in [0.2, 0.25) is 5.02 Å². The maximum absolute atomic E-state index is 10.4. The Morgan fingerprint density at radius 2 is 2.19 bits per heavy atom. The number of thioether (sulfide) groups is 1. The third-order valence-electron chi connectivity index (χ3n) is 3.15. The molecule has 2 rings (SSSR count). The summed E-state index contributed by atoms with van der Waals surface area (Å²) >= 11 is 7.75. The highest BCUT2D eigenvalue weighted by atomic mass is 35.5. The average Bonchev–Trinajstić information content (AvgIpc) is 2.85. The van der Waals surface area contributed by atoms with E-state index in [1.54, 1.807) is 29.8 Å². The van der Waals surface area contributed by atoms with Gasteiger partial charge < -0.3 is 9.84 Å². The molecule has 1 N–H and O–H groups in total. The number of aromatic nitrogens is 2. The Kier molecular flexibility index (Phi) is 6.11. The number of ether oxygens (including phenoxy) is 1. The van der Waals surface area contributed by atoms with Crippen LogP contribution in [0.15, 0.2) is 35.4 Å². The van der Waals surface area contributed by atoms with Crippen molar-refractivity contribution < 1.29 is 9.84 Å². The number of methoxy groups -OCH3 is 1. The molecule has 114 valence electrons. The van der Waals surface area contributed by atoms with Crippen molar-refractivity contribution in [2.24, 2.45) is 0 Å². The van der Waals surface area contributed by atoms with Crippen molar-refractivity contribution >= 4 is 23.4 Å². The van der Waals surface area contributed by atoms with Crippen LogP contribution >= 0.6 is 23.4 Å². The highest BCUT2D eigenvalue weighted by Crippen LogP contribution is 2.30. The highest BCUT2D eigenvalue weighted by Gasteiger charge is 2.18. The summed E-state index contributed by atoms with van der Waals surface area (Å²) in [5.41, 5.74) is 1.85. The molecule has 0 amide bonds. The molecule has 0 saturated carbocycles. The molecular weight excluding hydrogens is 308 g/mol. The molecule has 0 aliphatic heterocycles. The third kappa shape index (κ3) is 4.23. The van der Waals surface area contributed by atoms with E-state index in [9.17, 15) is 5.11 Å². The van der Waals surface area contributed by atoms with Gasteiger partial charge in [-0.3, -0.25) is 4.68 Å². The number of aliphatic hydroxyl groups is 1. The van der Waals surface area contributed by atoms with E-state index in [1.807, 2.05) is 12.1 Å². The van der Waals surface area contributed by atoms with Crippen LogP contribution in [0.1, 0.15) is 17.4 Å². The van der Waals surface area contributed by atoms with Crippen molar-refractivity contribution in [1.82, 2.24) is 9.78 Å². The van der Waals surface area contributed by atoms with Crippen LogP contribution in [0.3, 0.4) is 0 Å². The quantitative estimate of drug-likeness (QED) is 0.793. The predicted molar refractivity (Wildman–Crippen MR) is 86.0 cm³/mol. The van der Waals surface area contributed by atoms with E-state index in [-0.39, 0.29) is 0 Å². The van der Waals surface area contributed by atoms with Crippen molar-refractivity contribution in [3.8, 4) is 0 Å². The molecular formula is C15H19ClN2O2S. The lowest BCUT2D eigenvalue weighted by atomic mass is 10.2. The molecule has 1 heterocycles. The lowest BCUT2D eigenvalue weighted by Crippen LogP contribution is -2.14. The topological polar surface area (TPSA) is 47.3 Å². The fourth-order valence-electron chi connectivity index (χ4n) is 2.03. The molecule has 0 aliphatic carbocycles. The lowest BCUT2D eigenvalue weighted by Gasteiger charge is -2.14. The summed E-state index contributed by atoms with van der Waals surface area (Å²) in [6.07, 6.45) is 0.898. The van der Waals surface area contributed by atoms with Crippen LogP contribution in [0.5, 0.6) is 0 Å². The average molecular weight is 327 g/mol. The number of hydrogen-bond acceptors (Lipinski definition) is 4. The van der Waals surface area contributed by atoms with E-state index in [0.717, 1.165) is 4.90 Å². The molecule has 4 nitrogen and oxygen atoms in total. The first-order valence-electron chi connectivity index (χ1n) is 6.70. The van der Waals surface area contributed by atoms with Gasteiger partial charge in [0.2, 0.25) is 0 Å². The Bertz CT molecular complexity index is 589. The molecule has 0 saturated heterocycles. The van der Waals surface area contributed by atoms with Gasteiger partial charge >= 0.3 is 0 Å². The molecule has 0 aliphatic rings. The molecule has 1 atom stereocenters. The minimum atomic E-state index is -0.665. The standard InChI is InChI=1S/C15H19ClN2O2S/c1-11-5-3-4-6-14(11)21-10-13(19)15-12(16)9-17-18(15)7-8-20-2/h3-6,9,13,19H,7-8,10H2,1-2H3. The zero-order chi connectivity index (χ0) is 15.2. The predicted octanol–water partition coefficient (Wildman–Crippen LogP) is 3.32. The molecule has 21 heavy (non-hydrogen) atoms. The van der Waals surface area contributed by atoms with E-state index in [0.29, 0.717) is 29.6 Å². The molecule has 2 aromatic rings. The first-order valence-corrected chi connectivity index (χ1v) is 8.06. The van der Waals surface area contributed by atoms with Gasteiger partial charge in [-0.25, -0.2) is 0 Å². The minimum Gasteiger partial charge on any atom is -0.386 e. The zero-order valence-electron chi connectivity index (χ0n) is 12.1. The number of aliphatic hydroxyl groups excluding tert-OH is 1. The fourth-order valence-corrected chi connectivity index (χ4v) is 3.26. The molecule has 0 radical (unpaired) electrons. The van der Waals surface area contributed by atoms with Crippen molar-refractivity contribution in [3.05, 3.63) is 46.7 Å². The largest absolute Gasteiger partial charge is 0.386 e. The Balaban J connectivity index is 2.05. The van der Waals surface area contributed by atoms with Crippen LogP contribution in [-0.2, 0) is 11.3 Å². The van der Waals surface area contributed by atoms with Crippen LogP contribution in [0, 0.1) is 6.92 Å². The third-order valence-corrected chi connectivity index (χ3v) is 4.69. The van der Waals surface area contributed by atoms with Gasteiger partial charge in [-0.1, -0.05) is 29.8 Å². The van der Waals surface area contributed by atoms with Gasteiger partial charge in [0, 0.05) is 17.8 Å². The van der Waals surface area contributed by atoms with Gasteiger partial charge in [-0.05, 0) is 18.6 Å². The van der Waals surface area contributed by atoms with Gasteiger partial charge in [0.15, 0.2) is 0 Å². The molecule has 6 heteroatoms. The maximum atomic E-state index is 10.4. The van der Waals surface area contributed by atoms with E-state index >= 15 is 0 Å². The number of nitrogens with zero attached hydrogens (tertiary/aromatic N) is 2. The smallest absolute Gasteiger partial charge is 0.106 e. The monoisotopic (exact) mass is 326 g/mol. The summed E-state index contributed by atoms with van der Waals surface area (Å²) in [6, 6.07) is 8.12. The fraction of sp³-hybridized carbons (Fsp3) is 0.400. The van der Waals surface area contributed by atoms with Gasteiger partial charge in [-0.15, -0.1) is 11.8 Å². The van der Waals surface area contributed by atoms with Crippen LogP contribution in [0.25, 0.3) is 0 Å². The Hall–Kier alpha value is -1.01. The normalized spacial score (nSPS) is 12.6. The van der Waals surface area contributed by atoms with E-state index in [2.05, 4.69) is 24.2 Å². The number of aryl methyl sites for hydroxylation is 1. The van der Waals surface area contributed by atoms with Crippen molar-refractivity contribution in [3.63, 3.8) is 0 Å². The Morgan fingerprint density at radius 1 is 1.43 bits per heavy atom. The van der Waals surface area contributed by atoms with Crippen LogP contribution in [-0.4, -0.2) is 34.4 Å². The summed E-state index contributed by atoms with van der Waals surface area (Å²) in [5, 5.41) is 15.1. The molecule has 1 aromatic carbocycles. The second-order valence-corrected chi connectivity index (χ2v) is 6.16. The number of hydrogen-bond donors (Lipinski definition) is 1. The second kappa shape index (κ2) is 7.84. The summed E-state index contributed by atoms with van der Waals surface area (Å²) < 4.78 is 6.75. The Morgan fingerprint density at radius 3 is 2.90 bits per heavy atom. The molecule has 0 spiro atoms. The highest BCUT2D eigenvalue weighted by molar-refractivity contribution is 7.99. The van der Waals surface area contributed by atoms with Gasteiger partial charge in [0.25, 0.3) is 0 Å². The van der Waals surface area contributed by atoms with Crippen molar-refractivity contribution in [2.45, 2.75) is 24.5 Å². The van der Waals surface area contributed by atoms with Crippen molar-refractivity contribution in [1.29, 1.82) is 0 Å². The maximum Gasteiger partial charge on any atom is 0.106 e. The van der Waals surface area contributed by atoms with E-state index in [4.69, 9.17) is 16.3 Å². The van der Waals surface area contributed by atoms with Crippen LogP contribution in [0.4, 0.5) is 0 Å². The number of benzene rings is 1. The second-order valence-electron chi connectivity index (χ2n) is 4.69. The molecule has 1 unspecified atom stereocenters. The van der Waals surface area contributed by atoms with Gasteiger partial charge in [0.05, 0.1) is 30.1 Å². The lowest BCUT2D eigenvalue weighted by molar-refractivity contribution is 0.166. The van der Waals surface area contributed by atoms with Crippen molar-refractivity contribution in [2.75, 3.05) is 19.5 Å². The SMILES string of the molecule is COCCn1ncc(Cl)c1C(O)CSc1ccccc1C. The first-order chi connectivity index (χ1) is 10.1. The minimum absolute atomic E-state index is 0.490.